The maximum absolute atomic E-state index is 12.4. The molecule has 0 radical (unpaired) electrons. The van der Waals surface area contributed by atoms with Crippen LogP contribution in [-0.4, -0.2) is 16.5 Å². The number of hydrogen-bond donors (Lipinski definition) is 1. The zero-order chi connectivity index (χ0) is 18.7. The van der Waals surface area contributed by atoms with Crippen molar-refractivity contribution < 1.29 is 4.79 Å². The third kappa shape index (κ3) is 4.01. The van der Waals surface area contributed by atoms with Gasteiger partial charge in [0, 0.05) is 26.7 Å². The standard InChI is InChI=1S/C21H22IN3O/c1-14-11-16(15(2)25(14)20-9-7-18(22)8-10-20)12-17(13-23)21(26)24-19-5-3-4-6-19/h7-12,19H,3-6H2,1-2H3,(H,24,26)/b17-12+. The van der Waals surface area contributed by atoms with Gasteiger partial charge in [0.2, 0.25) is 0 Å². The molecule has 1 fully saturated rings. The van der Waals surface area contributed by atoms with E-state index in [1.54, 1.807) is 6.08 Å². The van der Waals surface area contributed by atoms with Gasteiger partial charge in [0.15, 0.2) is 0 Å². The molecule has 4 nitrogen and oxygen atoms in total. The predicted octanol–water partition coefficient (Wildman–Crippen LogP) is 4.66. The lowest BCUT2D eigenvalue weighted by molar-refractivity contribution is -0.117. The SMILES string of the molecule is Cc1cc(/C=C(\C#N)C(=O)NC2CCCC2)c(C)n1-c1ccc(I)cc1. The van der Waals surface area contributed by atoms with E-state index in [0.29, 0.717) is 0 Å². The first kappa shape index (κ1) is 18.7. The van der Waals surface area contributed by atoms with E-state index in [2.05, 4.69) is 62.8 Å². The van der Waals surface area contributed by atoms with Crippen LogP contribution in [0.25, 0.3) is 11.8 Å². The molecule has 1 aliphatic carbocycles. The number of rotatable bonds is 4. The molecule has 1 saturated carbocycles. The largest absolute Gasteiger partial charge is 0.349 e. The Labute approximate surface area is 168 Å². The van der Waals surface area contributed by atoms with Crippen LogP contribution in [0.4, 0.5) is 0 Å². The van der Waals surface area contributed by atoms with E-state index in [-0.39, 0.29) is 17.5 Å². The lowest BCUT2D eigenvalue weighted by Gasteiger charge is -2.11. The van der Waals surface area contributed by atoms with Crippen molar-refractivity contribution in [3.05, 3.63) is 56.4 Å². The third-order valence-corrected chi connectivity index (χ3v) is 5.63. The Morgan fingerprint density at radius 3 is 2.54 bits per heavy atom. The van der Waals surface area contributed by atoms with Crippen molar-refractivity contribution in [3.8, 4) is 11.8 Å². The summed E-state index contributed by atoms with van der Waals surface area (Å²) in [4.78, 5) is 12.4. The first-order valence-corrected chi connectivity index (χ1v) is 9.95. The number of benzene rings is 1. The van der Waals surface area contributed by atoms with Crippen LogP contribution in [0, 0.1) is 28.7 Å². The summed E-state index contributed by atoms with van der Waals surface area (Å²) in [5, 5.41) is 12.5. The molecule has 5 heteroatoms. The van der Waals surface area contributed by atoms with Gasteiger partial charge < -0.3 is 9.88 Å². The molecule has 26 heavy (non-hydrogen) atoms. The molecule has 1 N–H and O–H groups in total. The number of amides is 1. The van der Waals surface area contributed by atoms with Crippen LogP contribution in [-0.2, 0) is 4.79 Å². The summed E-state index contributed by atoms with van der Waals surface area (Å²) in [6, 6.07) is 12.6. The molecule has 134 valence electrons. The van der Waals surface area contributed by atoms with Gasteiger partial charge in [-0.15, -0.1) is 0 Å². The fourth-order valence-electron chi connectivity index (χ4n) is 3.56. The van der Waals surface area contributed by atoms with Crippen LogP contribution in [0.2, 0.25) is 0 Å². The van der Waals surface area contributed by atoms with Gasteiger partial charge in [-0.25, -0.2) is 0 Å². The van der Waals surface area contributed by atoms with Crippen molar-refractivity contribution >= 4 is 34.6 Å². The van der Waals surface area contributed by atoms with Crippen molar-refractivity contribution in [2.45, 2.75) is 45.6 Å². The van der Waals surface area contributed by atoms with E-state index in [1.807, 2.05) is 19.9 Å². The number of carbonyl (C=O) groups excluding carboxylic acids is 1. The number of halogens is 1. The molecule has 1 heterocycles. The topological polar surface area (TPSA) is 57.8 Å². The van der Waals surface area contributed by atoms with E-state index in [1.165, 1.54) is 3.57 Å². The van der Waals surface area contributed by atoms with Crippen molar-refractivity contribution in [2.75, 3.05) is 0 Å². The van der Waals surface area contributed by atoms with Crippen LogP contribution in [0.1, 0.15) is 42.6 Å². The highest BCUT2D eigenvalue weighted by molar-refractivity contribution is 14.1. The first-order valence-electron chi connectivity index (χ1n) is 8.87. The van der Waals surface area contributed by atoms with Crippen molar-refractivity contribution in [1.29, 1.82) is 5.26 Å². The van der Waals surface area contributed by atoms with Crippen LogP contribution < -0.4 is 5.32 Å². The van der Waals surface area contributed by atoms with Crippen LogP contribution in [0.5, 0.6) is 0 Å². The number of nitrogens with zero attached hydrogens (tertiary/aromatic N) is 2. The summed E-state index contributed by atoms with van der Waals surface area (Å²) in [5.41, 5.74) is 4.24. The Bertz CT molecular complexity index is 881. The van der Waals surface area contributed by atoms with E-state index in [4.69, 9.17) is 0 Å². The van der Waals surface area contributed by atoms with E-state index in [0.717, 1.165) is 48.3 Å². The quantitative estimate of drug-likeness (QED) is 0.411. The Morgan fingerprint density at radius 1 is 1.27 bits per heavy atom. The number of aryl methyl sites for hydroxylation is 1. The summed E-state index contributed by atoms with van der Waals surface area (Å²) in [5.74, 6) is -0.265. The van der Waals surface area contributed by atoms with Gasteiger partial charge in [0.1, 0.15) is 11.6 Å². The first-order chi connectivity index (χ1) is 12.5. The molecule has 2 aromatic rings. The third-order valence-electron chi connectivity index (χ3n) is 4.91. The second kappa shape index (κ2) is 8.09. The van der Waals surface area contributed by atoms with Gasteiger partial charge in [-0.2, -0.15) is 5.26 Å². The van der Waals surface area contributed by atoms with E-state index < -0.39 is 0 Å². The predicted molar refractivity (Wildman–Crippen MR) is 112 cm³/mol. The normalized spacial score (nSPS) is 15.1. The van der Waals surface area contributed by atoms with E-state index in [9.17, 15) is 10.1 Å². The van der Waals surface area contributed by atoms with Crippen LogP contribution >= 0.6 is 22.6 Å². The van der Waals surface area contributed by atoms with Gasteiger partial charge in [0.05, 0.1) is 0 Å². The highest BCUT2D eigenvalue weighted by Gasteiger charge is 2.20. The summed E-state index contributed by atoms with van der Waals surface area (Å²) >= 11 is 2.29. The average Bonchev–Trinajstić information content (AvgIpc) is 3.22. The molecule has 0 unspecified atom stereocenters. The molecule has 1 amide bonds. The monoisotopic (exact) mass is 459 g/mol. The summed E-state index contributed by atoms with van der Waals surface area (Å²) in [6.45, 7) is 4.05. The zero-order valence-corrected chi connectivity index (χ0v) is 17.2. The lowest BCUT2D eigenvalue weighted by Crippen LogP contribution is -2.33. The minimum Gasteiger partial charge on any atom is -0.349 e. The molecule has 0 atom stereocenters. The Hall–Kier alpha value is -2.07. The van der Waals surface area contributed by atoms with Gasteiger partial charge in [-0.05, 0) is 91.3 Å². The Balaban J connectivity index is 1.89. The number of hydrogen-bond acceptors (Lipinski definition) is 2. The molecule has 1 aliphatic rings. The van der Waals surface area contributed by atoms with Crippen molar-refractivity contribution in [1.82, 2.24) is 9.88 Å². The number of aromatic nitrogens is 1. The summed E-state index contributed by atoms with van der Waals surface area (Å²) in [7, 11) is 0. The highest BCUT2D eigenvalue weighted by atomic mass is 127. The smallest absolute Gasteiger partial charge is 0.262 e. The van der Waals surface area contributed by atoms with E-state index >= 15 is 0 Å². The molecular weight excluding hydrogens is 437 g/mol. The second-order valence-electron chi connectivity index (χ2n) is 6.76. The van der Waals surface area contributed by atoms with Gasteiger partial charge in [0.25, 0.3) is 5.91 Å². The second-order valence-corrected chi connectivity index (χ2v) is 8.01. The highest BCUT2D eigenvalue weighted by Crippen LogP contribution is 2.24. The molecule has 3 rings (SSSR count). The minimum absolute atomic E-state index is 0.166. The van der Waals surface area contributed by atoms with Crippen molar-refractivity contribution in [2.24, 2.45) is 0 Å². The maximum atomic E-state index is 12.4. The summed E-state index contributed by atoms with van der Waals surface area (Å²) < 4.78 is 3.33. The number of nitrogens with one attached hydrogen (secondary N) is 1. The fourth-order valence-corrected chi connectivity index (χ4v) is 3.92. The Morgan fingerprint density at radius 2 is 1.92 bits per heavy atom. The van der Waals surface area contributed by atoms with Gasteiger partial charge in [-0.3, -0.25) is 4.79 Å². The zero-order valence-electron chi connectivity index (χ0n) is 15.1. The number of carbonyl (C=O) groups is 1. The molecule has 1 aromatic carbocycles. The molecule has 0 spiro atoms. The Kier molecular flexibility index (Phi) is 5.82. The van der Waals surface area contributed by atoms with Crippen molar-refractivity contribution in [3.63, 3.8) is 0 Å². The maximum Gasteiger partial charge on any atom is 0.262 e. The fraction of sp³-hybridized carbons (Fsp3) is 0.333. The number of nitriles is 1. The van der Waals surface area contributed by atoms with Crippen LogP contribution in [0.3, 0.4) is 0 Å². The van der Waals surface area contributed by atoms with Gasteiger partial charge >= 0.3 is 0 Å². The molecule has 0 aliphatic heterocycles. The molecule has 1 aromatic heterocycles. The van der Waals surface area contributed by atoms with Crippen LogP contribution in [0.15, 0.2) is 35.9 Å². The van der Waals surface area contributed by atoms with Gasteiger partial charge in [-0.1, -0.05) is 12.8 Å². The summed E-state index contributed by atoms with van der Waals surface area (Å²) in [6.07, 6.45) is 6.01. The molecular formula is C21H22IN3O. The molecule has 0 bridgehead atoms. The minimum atomic E-state index is -0.265. The molecule has 0 saturated heterocycles. The lowest BCUT2D eigenvalue weighted by atomic mass is 10.1. The average molecular weight is 459 g/mol.